The second-order valence-electron chi connectivity index (χ2n) is 5.31. The van der Waals surface area contributed by atoms with Gasteiger partial charge in [0.1, 0.15) is 12.3 Å². The standard InChI is InChI=1S/C16H16N2O5/c1-22-11-7-13(16(20)21)18(8-11)15(19)12-9-23-14(17-12)10-5-3-2-4-6-10/h2-6,9,11,13H,7-8H2,1H3,(H,20,21). The number of aliphatic carboxylic acids is 1. The van der Waals surface area contributed by atoms with Gasteiger partial charge in [-0.3, -0.25) is 4.79 Å². The summed E-state index contributed by atoms with van der Waals surface area (Å²) in [7, 11) is 1.50. The van der Waals surface area contributed by atoms with Crippen LogP contribution in [0.2, 0.25) is 0 Å². The normalized spacial score (nSPS) is 20.7. The molecule has 7 nitrogen and oxygen atoms in total. The third-order valence-corrected chi connectivity index (χ3v) is 3.89. The molecule has 2 unspecified atom stereocenters. The summed E-state index contributed by atoms with van der Waals surface area (Å²) in [6.07, 6.45) is 1.23. The van der Waals surface area contributed by atoms with Crippen molar-refractivity contribution in [1.82, 2.24) is 9.88 Å². The van der Waals surface area contributed by atoms with Gasteiger partial charge in [-0.15, -0.1) is 0 Å². The maximum Gasteiger partial charge on any atom is 0.326 e. The summed E-state index contributed by atoms with van der Waals surface area (Å²) in [4.78, 5) is 29.3. The van der Waals surface area contributed by atoms with Crippen LogP contribution in [0.5, 0.6) is 0 Å². The topological polar surface area (TPSA) is 92.9 Å². The largest absolute Gasteiger partial charge is 0.480 e. The van der Waals surface area contributed by atoms with Crippen LogP contribution in [-0.4, -0.2) is 52.7 Å². The Kier molecular flexibility index (Phi) is 4.12. The molecule has 23 heavy (non-hydrogen) atoms. The van der Waals surface area contributed by atoms with Crippen LogP contribution in [0, 0.1) is 0 Å². The van der Waals surface area contributed by atoms with Crippen molar-refractivity contribution in [2.45, 2.75) is 18.6 Å². The number of carboxylic acid groups (broad SMARTS) is 1. The van der Waals surface area contributed by atoms with Crippen molar-refractivity contribution in [2.24, 2.45) is 0 Å². The molecule has 2 aromatic rings. The van der Waals surface area contributed by atoms with E-state index in [1.54, 1.807) is 0 Å². The Morgan fingerprint density at radius 1 is 1.35 bits per heavy atom. The van der Waals surface area contributed by atoms with Crippen molar-refractivity contribution >= 4 is 11.9 Å². The lowest BCUT2D eigenvalue weighted by Gasteiger charge is -2.19. The van der Waals surface area contributed by atoms with Crippen molar-refractivity contribution < 1.29 is 23.8 Å². The molecule has 7 heteroatoms. The van der Waals surface area contributed by atoms with Crippen LogP contribution < -0.4 is 0 Å². The Hall–Kier alpha value is -2.67. The Balaban J connectivity index is 1.83. The predicted molar refractivity (Wildman–Crippen MR) is 79.8 cm³/mol. The molecular weight excluding hydrogens is 300 g/mol. The van der Waals surface area contributed by atoms with Crippen LogP contribution in [0.15, 0.2) is 41.0 Å². The number of rotatable bonds is 4. The van der Waals surface area contributed by atoms with Gasteiger partial charge in [0.15, 0.2) is 5.69 Å². The van der Waals surface area contributed by atoms with Gasteiger partial charge in [0.25, 0.3) is 5.91 Å². The molecule has 0 saturated carbocycles. The van der Waals surface area contributed by atoms with Crippen LogP contribution in [0.1, 0.15) is 16.9 Å². The highest BCUT2D eigenvalue weighted by Crippen LogP contribution is 2.24. The summed E-state index contributed by atoms with van der Waals surface area (Å²) in [5, 5.41) is 9.28. The van der Waals surface area contributed by atoms with E-state index in [0.717, 1.165) is 5.56 Å². The van der Waals surface area contributed by atoms with Gasteiger partial charge in [-0.25, -0.2) is 9.78 Å². The summed E-state index contributed by atoms with van der Waals surface area (Å²) in [6, 6.07) is 8.26. The van der Waals surface area contributed by atoms with Crippen LogP contribution in [0.4, 0.5) is 0 Å². The van der Waals surface area contributed by atoms with E-state index < -0.39 is 17.9 Å². The molecule has 1 aliphatic rings. The zero-order valence-corrected chi connectivity index (χ0v) is 12.5. The molecule has 1 N–H and O–H groups in total. The number of ether oxygens (including phenoxy) is 1. The van der Waals surface area contributed by atoms with E-state index in [1.807, 2.05) is 30.3 Å². The SMILES string of the molecule is COC1CC(C(=O)O)N(C(=O)c2coc(-c3ccccc3)n2)C1. The first kappa shape index (κ1) is 15.2. The van der Waals surface area contributed by atoms with E-state index >= 15 is 0 Å². The Morgan fingerprint density at radius 3 is 2.74 bits per heavy atom. The highest BCUT2D eigenvalue weighted by Gasteiger charge is 2.40. The van der Waals surface area contributed by atoms with Crippen LogP contribution in [-0.2, 0) is 9.53 Å². The molecule has 0 aliphatic carbocycles. The number of methoxy groups -OCH3 is 1. The maximum atomic E-state index is 12.6. The molecule has 0 bridgehead atoms. The third-order valence-electron chi connectivity index (χ3n) is 3.89. The lowest BCUT2D eigenvalue weighted by Crippen LogP contribution is -2.40. The van der Waals surface area contributed by atoms with Gasteiger partial charge in [0.2, 0.25) is 5.89 Å². The quantitative estimate of drug-likeness (QED) is 0.922. The molecule has 120 valence electrons. The van der Waals surface area contributed by atoms with Gasteiger partial charge in [-0.1, -0.05) is 18.2 Å². The fraction of sp³-hybridized carbons (Fsp3) is 0.312. The van der Waals surface area contributed by atoms with E-state index in [4.69, 9.17) is 9.15 Å². The monoisotopic (exact) mass is 316 g/mol. The Labute approximate surface area is 132 Å². The fourth-order valence-electron chi connectivity index (χ4n) is 2.66. The first-order valence-corrected chi connectivity index (χ1v) is 7.17. The number of carboxylic acids is 1. The number of aromatic nitrogens is 1. The molecule has 1 amide bonds. The van der Waals surface area contributed by atoms with E-state index in [2.05, 4.69) is 4.98 Å². The van der Waals surface area contributed by atoms with Crippen molar-refractivity contribution in [2.75, 3.05) is 13.7 Å². The average Bonchev–Trinajstić information content (AvgIpc) is 3.22. The van der Waals surface area contributed by atoms with Gasteiger partial charge < -0.3 is 19.2 Å². The summed E-state index contributed by atoms with van der Waals surface area (Å²) in [5.74, 6) is -1.20. The number of carbonyl (C=O) groups is 2. The van der Waals surface area contributed by atoms with Gasteiger partial charge in [-0.2, -0.15) is 0 Å². The molecule has 1 aromatic heterocycles. The Bertz CT molecular complexity index is 712. The summed E-state index contributed by atoms with van der Waals surface area (Å²) in [5.41, 5.74) is 0.837. The average molecular weight is 316 g/mol. The smallest absolute Gasteiger partial charge is 0.326 e. The minimum Gasteiger partial charge on any atom is -0.480 e. The predicted octanol–water partition coefficient (Wildman–Crippen LogP) is 1.66. The number of amides is 1. The van der Waals surface area contributed by atoms with Crippen molar-refractivity contribution in [1.29, 1.82) is 0 Å². The molecule has 0 radical (unpaired) electrons. The lowest BCUT2D eigenvalue weighted by molar-refractivity contribution is -0.141. The number of hydrogen-bond acceptors (Lipinski definition) is 5. The highest BCUT2D eigenvalue weighted by atomic mass is 16.5. The van der Waals surface area contributed by atoms with Crippen LogP contribution in [0.3, 0.4) is 0 Å². The maximum absolute atomic E-state index is 12.6. The molecule has 2 heterocycles. The molecular formula is C16H16N2O5. The number of benzene rings is 1. The van der Waals surface area contributed by atoms with E-state index in [-0.39, 0.29) is 24.8 Å². The third kappa shape index (κ3) is 2.95. The number of nitrogens with zero attached hydrogens (tertiary/aromatic N) is 2. The molecule has 0 spiro atoms. The van der Waals surface area contributed by atoms with Crippen LogP contribution in [0.25, 0.3) is 11.5 Å². The summed E-state index contributed by atoms with van der Waals surface area (Å²) >= 11 is 0. The Morgan fingerprint density at radius 2 is 2.09 bits per heavy atom. The van der Waals surface area contributed by atoms with Crippen molar-refractivity contribution in [3.05, 3.63) is 42.3 Å². The zero-order valence-electron chi connectivity index (χ0n) is 12.5. The minimum absolute atomic E-state index is 0.0897. The van der Waals surface area contributed by atoms with Crippen molar-refractivity contribution in [3.63, 3.8) is 0 Å². The number of oxazole rings is 1. The molecule has 3 rings (SSSR count). The van der Waals surface area contributed by atoms with Gasteiger partial charge >= 0.3 is 5.97 Å². The summed E-state index contributed by atoms with van der Waals surface area (Å²) in [6.45, 7) is 0.222. The van der Waals surface area contributed by atoms with E-state index in [1.165, 1.54) is 18.3 Å². The number of carbonyl (C=O) groups excluding carboxylic acids is 1. The first-order chi connectivity index (χ1) is 11.1. The molecule has 1 aromatic carbocycles. The molecule has 1 fully saturated rings. The minimum atomic E-state index is -1.05. The highest BCUT2D eigenvalue weighted by molar-refractivity contribution is 5.95. The summed E-state index contributed by atoms with van der Waals surface area (Å²) < 4.78 is 10.5. The molecule has 1 aliphatic heterocycles. The second kappa shape index (κ2) is 6.21. The van der Waals surface area contributed by atoms with Gasteiger partial charge in [0.05, 0.1) is 6.10 Å². The number of likely N-dealkylation sites (tertiary alicyclic amines) is 1. The second-order valence-corrected chi connectivity index (χ2v) is 5.31. The first-order valence-electron chi connectivity index (χ1n) is 7.17. The van der Waals surface area contributed by atoms with Gasteiger partial charge in [-0.05, 0) is 12.1 Å². The molecule has 1 saturated heterocycles. The van der Waals surface area contributed by atoms with Gasteiger partial charge in [0, 0.05) is 25.6 Å². The van der Waals surface area contributed by atoms with Crippen molar-refractivity contribution in [3.8, 4) is 11.5 Å². The number of hydrogen-bond donors (Lipinski definition) is 1. The van der Waals surface area contributed by atoms with E-state index in [0.29, 0.717) is 5.89 Å². The van der Waals surface area contributed by atoms with Crippen LogP contribution >= 0.6 is 0 Å². The molecule has 2 atom stereocenters. The fourth-order valence-corrected chi connectivity index (χ4v) is 2.66. The lowest BCUT2D eigenvalue weighted by atomic mass is 10.2. The van der Waals surface area contributed by atoms with E-state index in [9.17, 15) is 14.7 Å². The zero-order chi connectivity index (χ0) is 16.4.